The lowest BCUT2D eigenvalue weighted by Gasteiger charge is -2.26. The van der Waals surface area contributed by atoms with Gasteiger partial charge in [0.05, 0.1) is 36.5 Å². The highest BCUT2D eigenvalue weighted by molar-refractivity contribution is 9.10. The van der Waals surface area contributed by atoms with Gasteiger partial charge in [-0.15, -0.1) is 5.10 Å². The number of hydrogen-bond donors (Lipinski definition) is 1. The van der Waals surface area contributed by atoms with Gasteiger partial charge in [-0.2, -0.15) is 5.10 Å². The molecule has 22 heavy (non-hydrogen) atoms. The smallest absolute Gasteiger partial charge is 0.178 e. The monoisotopic (exact) mass is 365 g/mol. The third-order valence-electron chi connectivity index (χ3n) is 3.84. The van der Waals surface area contributed by atoms with Crippen molar-refractivity contribution in [2.24, 2.45) is 0 Å². The lowest BCUT2D eigenvalue weighted by atomic mass is 10.3. The van der Waals surface area contributed by atoms with Crippen molar-refractivity contribution in [3.8, 4) is 5.75 Å². The average molecular weight is 366 g/mol. The molecule has 1 aliphatic heterocycles. The summed E-state index contributed by atoms with van der Waals surface area (Å²) in [6, 6.07) is 1.97. The maximum atomic E-state index is 5.87. The first kappa shape index (κ1) is 14.0. The van der Waals surface area contributed by atoms with Crippen molar-refractivity contribution in [1.29, 1.82) is 0 Å². The number of H-pyrrole nitrogens is 1. The first-order valence-corrected chi connectivity index (χ1v) is 8.04. The standard InChI is InChI=1S/C14H16BrN5O2/c15-12-7-10(22-6-3-19-1-4-21-5-2-19)9-20-13(12)11-8-16-17-14(11)18-20/h7-9H,1-6H2,(H,17,18). The van der Waals surface area contributed by atoms with Gasteiger partial charge in [-0.1, -0.05) is 0 Å². The summed E-state index contributed by atoms with van der Waals surface area (Å²) >= 11 is 3.59. The number of ether oxygens (including phenoxy) is 2. The van der Waals surface area contributed by atoms with Gasteiger partial charge < -0.3 is 9.47 Å². The lowest BCUT2D eigenvalue weighted by Crippen LogP contribution is -2.38. The zero-order valence-corrected chi connectivity index (χ0v) is 13.5. The van der Waals surface area contributed by atoms with Crippen LogP contribution in [-0.4, -0.2) is 64.2 Å². The van der Waals surface area contributed by atoms with Crippen LogP contribution in [0.2, 0.25) is 0 Å². The quantitative estimate of drug-likeness (QED) is 0.761. The first-order valence-electron chi connectivity index (χ1n) is 7.25. The van der Waals surface area contributed by atoms with E-state index in [9.17, 15) is 0 Å². The molecule has 1 N–H and O–H groups in total. The summed E-state index contributed by atoms with van der Waals surface area (Å²) in [5.74, 6) is 0.797. The SMILES string of the molecule is Brc1cc(OCCN2CCOCC2)cn2nc3[nH]ncc3c12. The van der Waals surface area contributed by atoms with Gasteiger partial charge in [0.15, 0.2) is 5.65 Å². The Hall–Kier alpha value is -1.64. The summed E-state index contributed by atoms with van der Waals surface area (Å²) in [6.45, 7) is 5.13. The first-order chi connectivity index (χ1) is 10.8. The molecule has 4 rings (SSSR count). The van der Waals surface area contributed by atoms with Crippen LogP contribution in [0.25, 0.3) is 16.6 Å². The van der Waals surface area contributed by atoms with Crippen LogP contribution in [0.3, 0.4) is 0 Å². The number of nitrogens with one attached hydrogen (secondary N) is 1. The molecule has 1 fully saturated rings. The fraction of sp³-hybridized carbons (Fsp3) is 0.429. The second-order valence-corrected chi connectivity index (χ2v) is 6.11. The Kier molecular flexibility index (Phi) is 3.73. The van der Waals surface area contributed by atoms with Crippen molar-refractivity contribution in [3.05, 3.63) is 22.9 Å². The number of pyridine rings is 1. The Morgan fingerprint density at radius 1 is 1.36 bits per heavy atom. The molecule has 3 aromatic rings. The number of hydrogen-bond acceptors (Lipinski definition) is 5. The minimum absolute atomic E-state index is 0.651. The highest BCUT2D eigenvalue weighted by atomic mass is 79.9. The molecular formula is C14H16BrN5O2. The highest BCUT2D eigenvalue weighted by Crippen LogP contribution is 2.29. The second kappa shape index (κ2) is 5.86. The van der Waals surface area contributed by atoms with Crippen LogP contribution in [0.4, 0.5) is 0 Å². The molecule has 0 aromatic carbocycles. The van der Waals surface area contributed by atoms with E-state index in [4.69, 9.17) is 9.47 Å². The molecule has 8 heteroatoms. The Morgan fingerprint density at radius 2 is 2.23 bits per heavy atom. The van der Waals surface area contributed by atoms with E-state index in [0.29, 0.717) is 6.61 Å². The van der Waals surface area contributed by atoms with Crippen molar-refractivity contribution in [2.45, 2.75) is 0 Å². The fourth-order valence-electron chi connectivity index (χ4n) is 2.69. The zero-order chi connectivity index (χ0) is 14.9. The molecule has 1 saturated heterocycles. The molecule has 116 valence electrons. The van der Waals surface area contributed by atoms with Gasteiger partial charge >= 0.3 is 0 Å². The number of halogens is 1. The van der Waals surface area contributed by atoms with Crippen molar-refractivity contribution in [1.82, 2.24) is 24.7 Å². The van der Waals surface area contributed by atoms with Gasteiger partial charge in [-0.05, 0) is 22.0 Å². The van der Waals surface area contributed by atoms with E-state index in [1.807, 2.05) is 16.8 Å². The number of aromatic nitrogens is 4. The third kappa shape index (κ3) is 2.57. The van der Waals surface area contributed by atoms with Gasteiger partial charge in [0.25, 0.3) is 0 Å². The molecule has 0 unspecified atom stereocenters. The minimum Gasteiger partial charge on any atom is -0.491 e. The van der Waals surface area contributed by atoms with Crippen molar-refractivity contribution < 1.29 is 9.47 Å². The number of fused-ring (bicyclic) bond motifs is 3. The molecule has 0 spiro atoms. The van der Waals surface area contributed by atoms with E-state index >= 15 is 0 Å². The van der Waals surface area contributed by atoms with E-state index in [1.165, 1.54) is 0 Å². The topological polar surface area (TPSA) is 67.7 Å². The van der Waals surface area contributed by atoms with Crippen LogP contribution in [0.5, 0.6) is 5.75 Å². The van der Waals surface area contributed by atoms with Crippen LogP contribution in [0, 0.1) is 0 Å². The predicted octanol–water partition coefficient (Wildman–Crippen LogP) is 1.68. The van der Waals surface area contributed by atoms with Crippen LogP contribution >= 0.6 is 15.9 Å². The Balaban J connectivity index is 1.49. The number of rotatable bonds is 4. The van der Waals surface area contributed by atoms with Crippen LogP contribution in [0.15, 0.2) is 22.9 Å². The Bertz CT molecular complexity index is 793. The summed E-state index contributed by atoms with van der Waals surface area (Å²) < 4.78 is 14.0. The van der Waals surface area contributed by atoms with E-state index in [2.05, 4.69) is 36.1 Å². The van der Waals surface area contributed by atoms with Gasteiger partial charge in [0, 0.05) is 24.1 Å². The second-order valence-electron chi connectivity index (χ2n) is 5.25. The molecular weight excluding hydrogens is 350 g/mol. The molecule has 0 radical (unpaired) electrons. The highest BCUT2D eigenvalue weighted by Gasteiger charge is 2.13. The van der Waals surface area contributed by atoms with Gasteiger partial charge in [0.2, 0.25) is 0 Å². The molecule has 0 bridgehead atoms. The molecule has 1 aliphatic rings. The lowest BCUT2D eigenvalue weighted by molar-refractivity contribution is 0.0322. The van der Waals surface area contributed by atoms with Crippen molar-refractivity contribution in [3.63, 3.8) is 0 Å². The Morgan fingerprint density at radius 3 is 3.09 bits per heavy atom. The van der Waals surface area contributed by atoms with Gasteiger partial charge in [-0.25, -0.2) is 4.52 Å². The average Bonchev–Trinajstić information content (AvgIpc) is 3.08. The molecule has 3 aromatic heterocycles. The predicted molar refractivity (Wildman–Crippen MR) is 85.3 cm³/mol. The summed E-state index contributed by atoms with van der Waals surface area (Å²) in [5.41, 5.74) is 1.76. The van der Waals surface area contributed by atoms with Crippen LogP contribution in [-0.2, 0) is 4.74 Å². The number of nitrogens with zero attached hydrogens (tertiary/aromatic N) is 4. The molecule has 0 atom stereocenters. The zero-order valence-electron chi connectivity index (χ0n) is 12.0. The molecule has 0 aliphatic carbocycles. The van der Waals surface area contributed by atoms with Gasteiger partial charge in [0.1, 0.15) is 12.4 Å². The van der Waals surface area contributed by atoms with Crippen LogP contribution < -0.4 is 4.74 Å². The van der Waals surface area contributed by atoms with Crippen LogP contribution in [0.1, 0.15) is 0 Å². The fourth-order valence-corrected chi connectivity index (χ4v) is 3.31. The minimum atomic E-state index is 0.651. The largest absolute Gasteiger partial charge is 0.491 e. The molecule has 4 heterocycles. The summed E-state index contributed by atoms with van der Waals surface area (Å²) in [6.07, 6.45) is 3.68. The third-order valence-corrected chi connectivity index (χ3v) is 4.44. The number of aromatic amines is 1. The van der Waals surface area contributed by atoms with E-state index in [-0.39, 0.29) is 0 Å². The maximum absolute atomic E-state index is 5.87. The van der Waals surface area contributed by atoms with Gasteiger partial charge in [-0.3, -0.25) is 10.00 Å². The van der Waals surface area contributed by atoms with E-state index < -0.39 is 0 Å². The summed E-state index contributed by atoms with van der Waals surface area (Å²) in [5, 5.41) is 12.3. The summed E-state index contributed by atoms with van der Waals surface area (Å²) in [7, 11) is 0. The molecule has 0 amide bonds. The Labute approximate surface area is 135 Å². The van der Waals surface area contributed by atoms with Crippen molar-refractivity contribution in [2.75, 3.05) is 39.5 Å². The molecule has 7 nitrogen and oxygen atoms in total. The maximum Gasteiger partial charge on any atom is 0.178 e. The normalized spacial score (nSPS) is 16.6. The van der Waals surface area contributed by atoms with E-state index in [1.54, 1.807) is 6.20 Å². The van der Waals surface area contributed by atoms with E-state index in [0.717, 1.165) is 59.6 Å². The summed E-state index contributed by atoms with van der Waals surface area (Å²) in [4.78, 5) is 2.35. The molecule has 0 saturated carbocycles. The van der Waals surface area contributed by atoms with Crippen molar-refractivity contribution >= 4 is 32.5 Å². The number of morpholine rings is 1.